The number of halogens is 4. The van der Waals surface area contributed by atoms with Crippen LogP contribution in [0, 0.1) is 5.82 Å². The molecule has 16 heteroatoms. The summed E-state index contributed by atoms with van der Waals surface area (Å²) in [6, 6.07) is 18.8. The zero-order chi connectivity index (χ0) is 40.4. The topological polar surface area (TPSA) is 128 Å². The quantitative estimate of drug-likeness (QED) is 0.120. The number of pyridine rings is 1. The molecular formula is C40H44F4N6O5S. The molecule has 6 rings (SSSR count). The SMILES string of the molecule is CCS(=O)(=O)N(C)c1ccccc1Nc1nc(-c2cc(F)c(OCc3ccccc3)cc2CC(F)(F)F)cc2c1c(C(=O)NC(C)(C)C)nn2C1CCCCO1. The van der Waals surface area contributed by atoms with Crippen molar-refractivity contribution in [3.63, 3.8) is 0 Å². The highest BCUT2D eigenvalue weighted by Crippen LogP contribution is 2.40. The Balaban J connectivity index is 1.60. The maximum atomic E-state index is 15.9. The van der Waals surface area contributed by atoms with Crippen LogP contribution >= 0.6 is 0 Å². The number of hydrogen-bond acceptors (Lipinski definition) is 8. The summed E-state index contributed by atoms with van der Waals surface area (Å²) in [5.74, 6) is -2.07. The second-order valence-corrected chi connectivity index (χ2v) is 16.9. The Labute approximate surface area is 323 Å². The lowest BCUT2D eigenvalue weighted by atomic mass is 9.99. The molecule has 1 fully saturated rings. The number of amides is 1. The monoisotopic (exact) mass is 796 g/mol. The number of nitrogens with zero attached hydrogens (tertiary/aromatic N) is 4. The minimum atomic E-state index is -4.70. The van der Waals surface area contributed by atoms with E-state index in [1.54, 1.807) is 75.4 Å². The summed E-state index contributed by atoms with van der Waals surface area (Å²) in [7, 11) is -2.35. The average Bonchev–Trinajstić information content (AvgIpc) is 3.54. The molecular weight excluding hydrogens is 753 g/mol. The molecule has 56 heavy (non-hydrogen) atoms. The van der Waals surface area contributed by atoms with E-state index in [4.69, 9.17) is 19.6 Å². The molecule has 298 valence electrons. The van der Waals surface area contributed by atoms with Gasteiger partial charge in [0.25, 0.3) is 5.91 Å². The van der Waals surface area contributed by atoms with Gasteiger partial charge in [0.2, 0.25) is 10.0 Å². The van der Waals surface area contributed by atoms with E-state index in [-0.39, 0.29) is 68.7 Å². The summed E-state index contributed by atoms with van der Waals surface area (Å²) < 4.78 is 99.0. The van der Waals surface area contributed by atoms with E-state index < -0.39 is 46.1 Å². The second-order valence-electron chi connectivity index (χ2n) is 14.6. The van der Waals surface area contributed by atoms with Gasteiger partial charge in [-0.15, -0.1) is 0 Å². The van der Waals surface area contributed by atoms with E-state index in [0.29, 0.717) is 18.6 Å². The molecule has 1 saturated heterocycles. The van der Waals surface area contributed by atoms with Crippen LogP contribution in [0.25, 0.3) is 22.2 Å². The number of aromatic nitrogens is 3. The number of benzene rings is 3. The van der Waals surface area contributed by atoms with Crippen molar-refractivity contribution in [2.45, 2.75) is 77.9 Å². The van der Waals surface area contributed by atoms with Gasteiger partial charge in [-0.2, -0.15) is 18.3 Å². The molecule has 2 aromatic heterocycles. The van der Waals surface area contributed by atoms with Gasteiger partial charge in [-0.3, -0.25) is 9.10 Å². The van der Waals surface area contributed by atoms with Gasteiger partial charge in [-0.1, -0.05) is 42.5 Å². The Bertz CT molecular complexity index is 2320. The number of nitrogens with one attached hydrogen (secondary N) is 2. The summed E-state index contributed by atoms with van der Waals surface area (Å²) >= 11 is 0. The average molecular weight is 797 g/mol. The molecule has 11 nitrogen and oxygen atoms in total. The molecule has 1 aliphatic heterocycles. The number of alkyl halides is 3. The van der Waals surface area contributed by atoms with E-state index in [2.05, 4.69) is 10.6 Å². The standard InChI is InChI=1S/C40H44F4N6O5S/c1-6-56(52,53)49(5)31-17-11-10-16-29(31)45-37-35-32(50(34-18-12-13-19-54-34)48-36(35)38(51)47-39(2,3)4)22-30(46-37)27-21-28(41)33(20-26(27)23-40(42,43)44)55-24-25-14-8-7-9-15-25/h7-11,14-17,20-22,34H,6,12-13,18-19,23-24H2,1-5H3,(H,45,46)(H,47,51). The maximum Gasteiger partial charge on any atom is 0.393 e. The molecule has 0 bridgehead atoms. The van der Waals surface area contributed by atoms with E-state index in [0.717, 1.165) is 29.3 Å². The highest BCUT2D eigenvalue weighted by Gasteiger charge is 2.33. The number of carbonyl (C=O) groups is 1. The highest BCUT2D eigenvalue weighted by atomic mass is 32.2. The largest absolute Gasteiger partial charge is 0.486 e. The van der Waals surface area contributed by atoms with Crippen molar-refractivity contribution in [1.82, 2.24) is 20.1 Å². The Hall–Kier alpha value is -5.22. The first-order valence-electron chi connectivity index (χ1n) is 18.2. The van der Waals surface area contributed by atoms with Crippen LogP contribution < -0.4 is 19.7 Å². The molecule has 3 heterocycles. The van der Waals surface area contributed by atoms with Gasteiger partial charge in [0.1, 0.15) is 12.4 Å². The summed E-state index contributed by atoms with van der Waals surface area (Å²) in [6.07, 6.45) is -4.65. The van der Waals surface area contributed by atoms with Crippen molar-refractivity contribution >= 4 is 44.0 Å². The fraction of sp³-hybridized carbons (Fsp3) is 0.375. The number of para-hydroxylation sites is 2. The van der Waals surface area contributed by atoms with Crippen LogP contribution in [-0.2, 0) is 27.8 Å². The molecule has 3 aromatic carbocycles. The fourth-order valence-electron chi connectivity index (χ4n) is 6.45. The van der Waals surface area contributed by atoms with Crippen LogP contribution in [-0.4, -0.2) is 60.2 Å². The van der Waals surface area contributed by atoms with E-state index >= 15 is 4.39 Å². The van der Waals surface area contributed by atoms with Gasteiger partial charge < -0.3 is 20.1 Å². The number of ether oxygens (including phenoxy) is 2. The molecule has 5 aromatic rings. The lowest BCUT2D eigenvalue weighted by Gasteiger charge is -2.24. The van der Waals surface area contributed by atoms with Crippen molar-refractivity contribution in [1.29, 1.82) is 0 Å². The molecule has 1 aliphatic rings. The van der Waals surface area contributed by atoms with Crippen molar-refractivity contribution in [2.24, 2.45) is 0 Å². The third-order valence-corrected chi connectivity index (χ3v) is 10.9. The molecule has 1 unspecified atom stereocenters. The number of rotatable bonds is 12. The molecule has 0 spiro atoms. The maximum absolute atomic E-state index is 15.9. The van der Waals surface area contributed by atoms with Crippen LogP contribution in [0.2, 0.25) is 0 Å². The Morgan fingerprint density at radius 2 is 1.75 bits per heavy atom. The highest BCUT2D eigenvalue weighted by molar-refractivity contribution is 7.92. The zero-order valence-corrected chi connectivity index (χ0v) is 32.5. The first-order chi connectivity index (χ1) is 26.4. The predicted octanol–water partition coefficient (Wildman–Crippen LogP) is 8.68. The molecule has 1 atom stereocenters. The molecule has 0 saturated carbocycles. The van der Waals surface area contributed by atoms with Gasteiger partial charge in [-0.05, 0) is 88.4 Å². The third-order valence-electron chi connectivity index (χ3n) is 9.16. The smallest absolute Gasteiger partial charge is 0.393 e. The normalized spacial score (nSPS) is 15.1. The summed E-state index contributed by atoms with van der Waals surface area (Å²) in [5.41, 5.74) is 0.178. The number of hydrogen-bond donors (Lipinski definition) is 2. The third kappa shape index (κ3) is 9.24. The summed E-state index contributed by atoms with van der Waals surface area (Å²) in [6.45, 7) is 7.24. The minimum absolute atomic E-state index is 0.0314. The van der Waals surface area contributed by atoms with E-state index in [1.807, 2.05) is 0 Å². The van der Waals surface area contributed by atoms with Gasteiger partial charge >= 0.3 is 6.18 Å². The van der Waals surface area contributed by atoms with Crippen LogP contribution in [0.5, 0.6) is 5.75 Å². The number of anilines is 3. The first kappa shape index (κ1) is 40.4. The summed E-state index contributed by atoms with van der Waals surface area (Å²) in [5, 5.41) is 11.0. The lowest BCUT2D eigenvalue weighted by Crippen LogP contribution is -2.41. The zero-order valence-electron chi connectivity index (χ0n) is 31.7. The molecule has 0 aliphatic carbocycles. The predicted molar refractivity (Wildman–Crippen MR) is 207 cm³/mol. The Morgan fingerprint density at radius 3 is 2.41 bits per heavy atom. The van der Waals surface area contributed by atoms with Gasteiger partial charge in [-0.25, -0.2) is 22.5 Å². The van der Waals surface area contributed by atoms with Gasteiger partial charge in [0.05, 0.1) is 40.1 Å². The van der Waals surface area contributed by atoms with Crippen LogP contribution in [0.1, 0.15) is 74.8 Å². The van der Waals surface area contributed by atoms with Gasteiger partial charge in [0.15, 0.2) is 23.5 Å². The number of carbonyl (C=O) groups excluding carboxylic acids is 1. The second kappa shape index (κ2) is 16.1. The Kier molecular flexibility index (Phi) is 11.6. The number of fused-ring (bicyclic) bond motifs is 1. The van der Waals surface area contributed by atoms with Crippen molar-refractivity contribution in [3.05, 3.63) is 95.4 Å². The summed E-state index contributed by atoms with van der Waals surface area (Å²) in [4.78, 5) is 18.7. The van der Waals surface area contributed by atoms with Crippen molar-refractivity contribution in [2.75, 3.05) is 29.0 Å². The van der Waals surface area contributed by atoms with E-state index in [1.165, 1.54) is 24.7 Å². The molecule has 1 amide bonds. The molecule has 0 radical (unpaired) electrons. The fourth-order valence-corrected chi connectivity index (χ4v) is 7.29. The Morgan fingerprint density at radius 1 is 1.04 bits per heavy atom. The van der Waals surface area contributed by atoms with Crippen LogP contribution in [0.3, 0.4) is 0 Å². The van der Waals surface area contributed by atoms with E-state index in [9.17, 15) is 26.4 Å². The van der Waals surface area contributed by atoms with Crippen LogP contribution in [0.15, 0.2) is 72.8 Å². The number of sulfonamides is 1. The van der Waals surface area contributed by atoms with Crippen LogP contribution in [0.4, 0.5) is 34.8 Å². The van der Waals surface area contributed by atoms with Crippen molar-refractivity contribution < 1.29 is 40.2 Å². The lowest BCUT2D eigenvalue weighted by molar-refractivity contribution is -0.127. The van der Waals surface area contributed by atoms with Crippen molar-refractivity contribution in [3.8, 4) is 17.0 Å². The van der Waals surface area contributed by atoms with Gasteiger partial charge in [0, 0.05) is 24.8 Å². The minimum Gasteiger partial charge on any atom is -0.486 e. The first-order valence-corrected chi connectivity index (χ1v) is 19.8. The molecule has 2 N–H and O–H groups in total.